The second-order valence-corrected chi connectivity index (χ2v) is 5.73. The maximum absolute atomic E-state index is 5.40. The lowest BCUT2D eigenvalue weighted by Gasteiger charge is -2.25. The van der Waals surface area contributed by atoms with Crippen molar-refractivity contribution in [3.05, 3.63) is 65.2 Å². The first-order chi connectivity index (χ1) is 10.4. The highest BCUT2D eigenvalue weighted by atomic mass is 16.5. The first-order valence-corrected chi connectivity index (χ1v) is 7.79. The van der Waals surface area contributed by atoms with Crippen LogP contribution in [0, 0.1) is 0 Å². The summed E-state index contributed by atoms with van der Waals surface area (Å²) in [5, 5.41) is 3.61. The van der Waals surface area contributed by atoms with Crippen LogP contribution in [0.1, 0.15) is 35.4 Å². The van der Waals surface area contributed by atoms with Gasteiger partial charge in [-0.3, -0.25) is 0 Å². The number of hydrogen-bond donors (Lipinski definition) is 1. The molecule has 1 aliphatic carbocycles. The molecule has 0 radical (unpaired) electrons. The van der Waals surface area contributed by atoms with Crippen LogP contribution >= 0.6 is 0 Å². The van der Waals surface area contributed by atoms with Crippen LogP contribution in [-0.2, 0) is 13.0 Å². The summed E-state index contributed by atoms with van der Waals surface area (Å²) in [6.45, 7) is 1.90. The molecule has 0 bridgehead atoms. The zero-order chi connectivity index (χ0) is 14.5. The largest absolute Gasteiger partial charge is 0.496 e. The SMILES string of the molecule is COc1ccccc1CNCC1CCCc2ccccc21. The fraction of sp³-hybridized carbons (Fsp3) is 0.368. The number of aryl methyl sites for hydroxylation is 1. The van der Waals surface area contributed by atoms with Crippen molar-refractivity contribution in [1.29, 1.82) is 0 Å². The van der Waals surface area contributed by atoms with Gasteiger partial charge >= 0.3 is 0 Å². The van der Waals surface area contributed by atoms with Gasteiger partial charge in [-0.25, -0.2) is 0 Å². The summed E-state index contributed by atoms with van der Waals surface area (Å²) in [7, 11) is 1.73. The Hall–Kier alpha value is -1.80. The Bertz CT molecular complexity index is 594. The number of rotatable bonds is 5. The predicted molar refractivity (Wildman–Crippen MR) is 86.8 cm³/mol. The lowest BCUT2D eigenvalue weighted by molar-refractivity contribution is 0.406. The van der Waals surface area contributed by atoms with Gasteiger partial charge in [0.2, 0.25) is 0 Å². The van der Waals surface area contributed by atoms with Crippen LogP contribution in [0.5, 0.6) is 5.75 Å². The van der Waals surface area contributed by atoms with E-state index in [4.69, 9.17) is 4.74 Å². The molecule has 1 atom stereocenters. The maximum Gasteiger partial charge on any atom is 0.123 e. The highest BCUT2D eigenvalue weighted by Gasteiger charge is 2.19. The maximum atomic E-state index is 5.40. The molecule has 1 N–H and O–H groups in total. The molecule has 21 heavy (non-hydrogen) atoms. The number of para-hydroxylation sites is 1. The summed E-state index contributed by atoms with van der Waals surface area (Å²) >= 11 is 0. The van der Waals surface area contributed by atoms with Crippen molar-refractivity contribution >= 4 is 0 Å². The third-order valence-electron chi connectivity index (χ3n) is 4.39. The summed E-state index contributed by atoms with van der Waals surface area (Å²) in [5.74, 6) is 1.61. The van der Waals surface area contributed by atoms with E-state index in [1.54, 1.807) is 7.11 Å². The predicted octanol–water partition coefficient (Wildman–Crippen LogP) is 3.90. The van der Waals surface area contributed by atoms with Gasteiger partial charge in [-0.1, -0.05) is 42.5 Å². The molecule has 0 heterocycles. The molecule has 0 aliphatic heterocycles. The third kappa shape index (κ3) is 3.27. The van der Waals surface area contributed by atoms with Gasteiger partial charge in [-0.15, -0.1) is 0 Å². The van der Waals surface area contributed by atoms with Crippen LogP contribution in [0.2, 0.25) is 0 Å². The zero-order valence-corrected chi connectivity index (χ0v) is 12.6. The van der Waals surface area contributed by atoms with Gasteiger partial charge in [0.1, 0.15) is 5.75 Å². The number of fused-ring (bicyclic) bond motifs is 1. The highest BCUT2D eigenvalue weighted by molar-refractivity contribution is 5.34. The minimum absolute atomic E-state index is 0.643. The number of nitrogens with one attached hydrogen (secondary N) is 1. The van der Waals surface area contributed by atoms with Crippen molar-refractivity contribution in [2.24, 2.45) is 0 Å². The van der Waals surface area contributed by atoms with Crippen LogP contribution in [0.3, 0.4) is 0 Å². The van der Waals surface area contributed by atoms with Crippen molar-refractivity contribution in [1.82, 2.24) is 5.32 Å². The lowest BCUT2D eigenvalue weighted by atomic mass is 9.83. The number of ether oxygens (including phenoxy) is 1. The minimum atomic E-state index is 0.643. The Labute approximate surface area is 127 Å². The molecule has 1 unspecified atom stereocenters. The van der Waals surface area contributed by atoms with E-state index in [1.807, 2.05) is 12.1 Å². The molecule has 2 aromatic rings. The van der Waals surface area contributed by atoms with Crippen LogP contribution < -0.4 is 10.1 Å². The second kappa shape index (κ2) is 6.77. The van der Waals surface area contributed by atoms with Crippen LogP contribution in [0.25, 0.3) is 0 Å². The average Bonchev–Trinajstić information content (AvgIpc) is 2.55. The Balaban J connectivity index is 1.61. The Morgan fingerprint density at radius 3 is 2.81 bits per heavy atom. The van der Waals surface area contributed by atoms with E-state index in [9.17, 15) is 0 Å². The fourth-order valence-corrected chi connectivity index (χ4v) is 3.30. The molecule has 3 rings (SSSR count). The Morgan fingerprint density at radius 1 is 1.10 bits per heavy atom. The van der Waals surface area contributed by atoms with Gasteiger partial charge in [0, 0.05) is 18.7 Å². The summed E-state index contributed by atoms with van der Waals surface area (Å²) in [5.41, 5.74) is 4.30. The third-order valence-corrected chi connectivity index (χ3v) is 4.39. The van der Waals surface area contributed by atoms with Gasteiger partial charge in [-0.05, 0) is 42.4 Å². The molecule has 110 valence electrons. The Morgan fingerprint density at radius 2 is 1.90 bits per heavy atom. The van der Waals surface area contributed by atoms with Gasteiger partial charge < -0.3 is 10.1 Å². The molecular formula is C19H23NO. The summed E-state index contributed by atoms with van der Waals surface area (Å²) in [6, 6.07) is 17.1. The van der Waals surface area contributed by atoms with Gasteiger partial charge in [0.25, 0.3) is 0 Å². The van der Waals surface area contributed by atoms with Crippen LogP contribution in [0.4, 0.5) is 0 Å². The molecular weight excluding hydrogens is 258 g/mol. The fourth-order valence-electron chi connectivity index (χ4n) is 3.30. The standard InChI is InChI=1S/C19H23NO/c1-21-19-12-5-3-8-17(19)14-20-13-16-10-6-9-15-7-2-4-11-18(15)16/h2-5,7-8,11-12,16,20H,6,9-10,13-14H2,1H3. The van der Waals surface area contributed by atoms with E-state index in [-0.39, 0.29) is 0 Å². The number of methoxy groups -OCH3 is 1. The molecule has 2 heteroatoms. The van der Waals surface area contributed by atoms with E-state index in [2.05, 4.69) is 41.7 Å². The first kappa shape index (κ1) is 14.2. The van der Waals surface area contributed by atoms with Crippen molar-refractivity contribution in [3.8, 4) is 5.75 Å². The monoisotopic (exact) mass is 281 g/mol. The van der Waals surface area contributed by atoms with E-state index in [0.717, 1.165) is 18.8 Å². The van der Waals surface area contributed by atoms with Gasteiger partial charge in [0.15, 0.2) is 0 Å². The molecule has 2 aromatic carbocycles. The van der Waals surface area contributed by atoms with Crippen molar-refractivity contribution in [2.45, 2.75) is 31.7 Å². The van der Waals surface area contributed by atoms with Crippen LogP contribution in [-0.4, -0.2) is 13.7 Å². The molecule has 0 saturated carbocycles. The minimum Gasteiger partial charge on any atom is -0.496 e. The van der Waals surface area contributed by atoms with E-state index in [1.165, 1.54) is 36.0 Å². The van der Waals surface area contributed by atoms with Crippen LogP contribution in [0.15, 0.2) is 48.5 Å². The van der Waals surface area contributed by atoms with Crippen molar-refractivity contribution < 1.29 is 4.74 Å². The lowest BCUT2D eigenvalue weighted by Crippen LogP contribution is -2.24. The summed E-state index contributed by atoms with van der Waals surface area (Å²) < 4.78 is 5.40. The molecule has 2 nitrogen and oxygen atoms in total. The normalized spacial score (nSPS) is 17.3. The summed E-state index contributed by atoms with van der Waals surface area (Å²) in [6.07, 6.45) is 3.83. The van der Waals surface area contributed by atoms with E-state index in [0.29, 0.717) is 5.92 Å². The topological polar surface area (TPSA) is 21.3 Å². The van der Waals surface area contributed by atoms with Crippen molar-refractivity contribution in [3.63, 3.8) is 0 Å². The average molecular weight is 281 g/mol. The molecule has 0 fully saturated rings. The first-order valence-electron chi connectivity index (χ1n) is 7.79. The van der Waals surface area contributed by atoms with E-state index >= 15 is 0 Å². The quantitative estimate of drug-likeness (QED) is 0.897. The summed E-state index contributed by atoms with van der Waals surface area (Å²) in [4.78, 5) is 0. The van der Waals surface area contributed by atoms with Gasteiger partial charge in [0.05, 0.1) is 7.11 Å². The number of benzene rings is 2. The van der Waals surface area contributed by atoms with E-state index < -0.39 is 0 Å². The molecule has 0 amide bonds. The molecule has 0 saturated heterocycles. The second-order valence-electron chi connectivity index (χ2n) is 5.73. The van der Waals surface area contributed by atoms with Gasteiger partial charge in [-0.2, -0.15) is 0 Å². The molecule has 0 aromatic heterocycles. The van der Waals surface area contributed by atoms with Crippen molar-refractivity contribution in [2.75, 3.05) is 13.7 Å². The Kier molecular flexibility index (Phi) is 4.56. The smallest absolute Gasteiger partial charge is 0.123 e. The molecule has 0 spiro atoms. The molecule has 1 aliphatic rings. The highest BCUT2D eigenvalue weighted by Crippen LogP contribution is 2.31. The number of hydrogen-bond acceptors (Lipinski definition) is 2. The zero-order valence-electron chi connectivity index (χ0n) is 12.6.